The van der Waals surface area contributed by atoms with Crippen LogP contribution in [0.15, 0.2) is 4.99 Å². The highest BCUT2D eigenvalue weighted by molar-refractivity contribution is 5.80. The van der Waals surface area contributed by atoms with Crippen LogP contribution in [0.3, 0.4) is 0 Å². The van der Waals surface area contributed by atoms with Gasteiger partial charge in [0, 0.05) is 13.6 Å². The Hall–Kier alpha value is -0.810. The minimum atomic E-state index is -0.539. The molecule has 0 radical (unpaired) electrons. The fraction of sp³-hybridized carbons (Fsp3) is 0.929. The van der Waals surface area contributed by atoms with Gasteiger partial charge in [0.15, 0.2) is 5.96 Å². The van der Waals surface area contributed by atoms with Crippen molar-refractivity contribution in [3.8, 4) is 0 Å². The fourth-order valence-electron chi connectivity index (χ4n) is 3.62. The molecule has 1 saturated carbocycles. The Morgan fingerprint density at radius 1 is 1.37 bits per heavy atom. The molecule has 5 heteroatoms. The summed E-state index contributed by atoms with van der Waals surface area (Å²) in [5.74, 6) is 0.793. The molecule has 2 aliphatic heterocycles. The number of nitrogens with zero attached hydrogens (tertiary/aromatic N) is 1. The molecule has 5 nitrogen and oxygen atoms in total. The zero-order valence-electron chi connectivity index (χ0n) is 11.7. The van der Waals surface area contributed by atoms with Crippen LogP contribution >= 0.6 is 0 Å². The predicted molar refractivity (Wildman–Crippen MR) is 74.2 cm³/mol. The van der Waals surface area contributed by atoms with Crippen molar-refractivity contribution in [1.29, 1.82) is 0 Å². The Morgan fingerprint density at radius 2 is 2.16 bits per heavy atom. The highest BCUT2D eigenvalue weighted by atomic mass is 16.5. The maximum absolute atomic E-state index is 10.3. The largest absolute Gasteiger partial charge is 0.388 e. The predicted octanol–water partition coefficient (Wildman–Crippen LogP) is 0.776. The van der Waals surface area contributed by atoms with Crippen molar-refractivity contribution < 1.29 is 9.84 Å². The highest BCUT2D eigenvalue weighted by Crippen LogP contribution is 2.34. The summed E-state index contributed by atoms with van der Waals surface area (Å²) in [5, 5.41) is 17.0. The summed E-state index contributed by atoms with van der Waals surface area (Å²) in [5.41, 5.74) is -0.539. The van der Waals surface area contributed by atoms with E-state index in [4.69, 9.17) is 4.74 Å². The molecule has 0 aromatic rings. The van der Waals surface area contributed by atoms with E-state index in [2.05, 4.69) is 15.6 Å². The highest BCUT2D eigenvalue weighted by Gasteiger charge is 2.41. The molecule has 108 valence electrons. The van der Waals surface area contributed by atoms with E-state index in [-0.39, 0.29) is 0 Å². The third-order valence-electron chi connectivity index (χ3n) is 4.77. The standard InChI is InChI=1S/C14H25N3O2/c1-15-13(16-9-14(18)6-2-3-7-14)17-11-8-10-4-5-12(11)19-10/h10-12,18H,2-9H2,1H3,(H2,15,16,17). The molecule has 3 N–H and O–H groups in total. The molecule has 0 amide bonds. The number of nitrogens with one attached hydrogen (secondary N) is 2. The normalized spacial score (nSPS) is 36.7. The molecular formula is C14H25N3O2. The number of hydrogen-bond donors (Lipinski definition) is 3. The van der Waals surface area contributed by atoms with Gasteiger partial charge in [-0.2, -0.15) is 0 Å². The number of ether oxygens (including phenoxy) is 1. The van der Waals surface area contributed by atoms with Crippen LogP contribution in [0.1, 0.15) is 44.9 Å². The molecule has 3 atom stereocenters. The molecule has 2 bridgehead atoms. The van der Waals surface area contributed by atoms with Crippen molar-refractivity contribution >= 4 is 5.96 Å². The van der Waals surface area contributed by atoms with E-state index in [0.717, 1.165) is 44.5 Å². The number of guanidine groups is 1. The quantitative estimate of drug-likeness (QED) is 0.522. The molecule has 2 saturated heterocycles. The average molecular weight is 267 g/mol. The van der Waals surface area contributed by atoms with E-state index in [0.29, 0.717) is 24.8 Å². The first-order valence-electron chi connectivity index (χ1n) is 7.54. The minimum Gasteiger partial charge on any atom is -0.388 e. The minimum absolute atomic E-state index is 0.345. The molecule has 3 aliphatic rings. The third-order valence-corrected chi connectivity index (χ3v) is 4.77. The van der Waals surface area contributed by atoms with Gasteiger partial charge in [-0.15, -0.1) is 0 Å². The van der Waals surface area contributed by atoms with Gasteiger partial charge < -0.3 is 20.5 Å². The Kier molecular flexibility index (Phi) is 3.67. The summed E-state index contributed by atoms with van der Waals surface area (Å²) in [6, 6.07) is 0.378. The second-order valence-electron chi connectivity index (χ2n) is 6.22. The van der Waals surface area contributed by atoms with E-state index in [1.54, 1.807) is 7.05 Å². The maximum Gasteiger partial charge on any atom is 0.191 e. The van der Waals surface area contributed by atoms with E-state index < -0.39 is 5.60 Å². The molecule has 2 heterocycles. The average Bonchev–Trinajstić information content (AvgIpc) is 3.11. The van der Waals surface area contributed by atoms with Crippen LogP contribution in [0, 0.1) is 0 Å². The van der Waals surface area contributed by atoms with Crippen molar-refractivity contribution in [2.75, 3.05) is 13.6 Å². The molecule has 0 spiro atoms. The molecule has 0 aromatic heterocycles. The summed E-state index contributed by atoms with van der Waals surface area (Å²) >= 11 is 0. The first-order valence-corrected chi connectivity index (χ1v) is 7.54. The molecule has 0 aromatic carbocycles. The van der Waals surface area contributed by atoms with Crippen LogP contribution < -0.4 is 10.6 Å². The summed E-state index contributed by atoms with van der Waals surface area (Å²) in [6.45, 7) is 0.592. The number of aliphatic hydroxyl groups is 1. The van der Waals surface area contributed by atoms with Gasteiger partial charge in [0.1, 0.15) is 0 Å². The Labute approximate surface area is 114 Å². The van der Waals surface area contributed by atoms with Crippen molar-refractivity contribution in [1.82, 2.24) is 10.6 Å². The van der Waals surface area contributed by atoms with Gasteiger partial charge >= 0.3 is 0 Å². The maximum atomic E-state index is 10.3. The smallest absolute Gasteiger partial charge is 0.191 e. The Morgan fingerprint density at radius 3 is 2.74 bits per heavy atom. The zero-order chi connectivity index (χ0) is 13.3. The van der Waals surface area contributed by atoms with Gasteiger partial charge in [0.05, 0.1) is 23.9 Å². The lowest BCUT2D eigenvalue weighted by Gasteiger charge is -2.26. The summed E-state index contributed by atoms with van der Waals surface area (Å²) in [6.07, 6.45) is 8.28. The topological polar surface area (TPSA) is 65.9 Å². The van der Waals surface area contributed by atoms with Crippen molar-refractivity contribution in [3.63, 3.8) is 0 Å². The van der Waals surface area contributed by atoms with Gasteiger partial charge in [-0.3, -0.25) is 4.99 Å². The monoisotopic (exact) mass is 267 g/mol. The summed E-state index contributed by atoms with van der Waals surface area (Å²) in [4.78, 5) is 4.25. The van der Waals surface area contributed by atoms with Crippen molar-refractivity contribution in [2.45, 2.75) is 68.8 Å². The van der Waals surface area contributed by atoms with Gasteiger partial charge in [0.2, 0.25) is 0 Å². The Bertz CT molecular complexity index is 353. The van der Waals surface area contributed by atoms with E-state index in [9.17, 15) is 5.11 Å². The number of fused-ring (bicyclic) bond motifs is 2. The molecule has 3 rings (SSSR count). The van der Waals surface area contributed by atoms with Crippen LogP contribution in [-0.4, -0.2) is 48.5 Å². The number of rotatable bonds is 3. The van der Waals surface area contributed by atoms with Crippen LogP contribution in [0.4, 0.5) is 0 Å². The number of hydrogen-bond acceptors (Lipinski definition) is 3. The summed E-state index contributed by atoms with van der Waals surface area (Å²) in [7, 11) is 1.78. The van der Waals surface area contributed by atoms with Crippen LogP contribution in [0.2, 0.25) is 0 Å². The second-order valence-corrected chi connectivity index (χ2v) is 6.22. The fourth-order valence-corrected chi connectivity index (χ4v) is 3.62. The van der Waals surface area contributed by atoms with E-state index >= 15 is 0 Å². The molecule has 19 heavy (non-hydrogen) atoms. The van der Waals surface area contributed by atoms with Crippen molar-refractivity contribution in [3.05, 3.63) is 0 Å². The van der Waals surface area contributed by atoms with Crippen molar-refractivity contribution in [2.24, 2.45) is 4.99 Å². The van der Waals surface area contributed by atoms with Gasteiger partial charge in [-0.05, 0) is 32.1 Å². The van der Waals surface area contributed by atoms with Crippen LogP contribution in [-0.2, 0) is 4.74 Å². The van der Waals surface area contributed by atoms with E-state index in [1.807, 2.05) is 0 Å². The lowest BCUT2D eigenvalue weighted by molar-refractivity contribution is 0.0520. The van der Waals surface area contributed by atoms with Gasteiger partial charge in [-0.1, -0.05) is 12.8 Å². The van der Waals surface area contributed by atoms with E-state index in [1.165, 1.54) is 6.42 Å². The molecule has 1 aliphatic carbocycles. The Balaban J connectivity index is 1.48. The van der Waals surface area contributed by atoms with Gasteiger partial charge in [0.25, 0.3) is 0 Å². The lowest BCUT2D eigenvalue weighted by atomic mass is 9.96. The first-order chi connectivity index (χ1) is 9.18. The molecule has 3 unspecified atom stereocenters. The molecular weight excluding hydrogens is 242 g/mol. The second kappa shape index (κ2) is 5.29. The molecule has 3 fully saturated rings. The van der Waals surface area contributed by atoms with Crippen LogP contribution in [0.25, 0.3) is 0 Å². The SMILES string of the molecule is CN=C(NCC1(O)CCCC1)NC1CC2CCC1O2. The third kappa shape index (κ3) is 2.87. The summed E-state index contributed by atoms with van der Waals surface area (Å²) < 4.78 is 5.83. The zero-order valence-corrected chi connectivity index (χ0v) is 11.7. The lowest BCUT2D eigenvalue weighted by Crippen LogP contribution is -2.51. The van der Waals surface area contributed by atoms with Crippen LogP contribution in [0.5, 0.6) is 0 Å². The first kappa shape index (κ1) is 13.2. The van der Waals surface area contributed by atoms with Gasteiger partial charge in [-0.25, -0.2) is 0 Å². The number of aliphatic imine (C=N–C) groups is 1.